The highest BCUT2D eigenvalue weighted by Gasteiger charge is 2.08. The van der Waals surface area contributed by atoms with Crippen LogP contribution in [0.1, 0.15) is 12.5 Å². The van der Waals surface area contributed by atoms with Gasteiger partial charge in [0, 0.05) is 18.0 Å². The molecule has 8 heteroatoms. The van der Waals surface area contributed by atoms with Crippen molar-refractivity contribution in [2.45, 2.75) is 6.92 Å². The van der Waals surface area contributed by atoms with E-state index in [0.29, 0.717) is 28.7 Å². The van der Waals surface area contributed by atoms with Crippen LogP contribution in [0.25, 0.3) is 11.4 Å². The van der Waals surface area contributed by atoms with Gasteiger partial charge in [0.25, 0.3) is 0 Å². The van der Waals surface area contributed by atoms with Gasteiger partial charge in [-0.1, -0.05) is 0 Å². The third-order valence-corrected chi connectivity index (χ3v) is 3.66. The largest absolute Gasteiger partial charge is 0.493 e. The molecule has 0 aliphatic heterocycles. The van der Waals surface area contributed by atoms with Crippen LogP contribution in [0.3, 0.4) is 0 Å². The van der Waals surface area contributed by atoms with Crippen LogP contribution in [0.15, 0.2) is 47.8 Å². The quantitative estimate of drug-likeness (QED) is 0.542. The lowest BCUT2D eigenvalue weighted by atomic mass is 10.2. The molecule has 3 aromatic rings. The summed E-state index contributed by atoms with van der Waals surface area (Å²) in [4.78, 5) is 4.01. The first-order chi connectivity index (χ1) is 12.2. The zero-order valence-corrected chi connectivity index (χ0v) is 14.7. The van der Waals surface area contributed by atoms with Gasteiger partial charge in [0.1, 0.15) is 0 Å². The number of benzene rings is 1. The van der Waals surface area contributed by atoms with Crippen molar-refractivity contribution in [3.8, 4) is 22.9 Å². The second-order valence-corrected chi connectivity index (χ2v) is 5.37. The Labute approximate surface area is 150 Å². The normalized spacial score (nSPS) is 11.0. The molecule has 0 bridgehead atoms. The van der Waals surface area contributed by atoms with Gasteiger partial charge in [-0.15, -0.1) is 0 Å². The van der Waals surface area contributed by atoms with Gasteiger partial charge < -0.3 is 9.47 Å². The van der Waals surface area contributed by atoms with Crippen LogP contribution in [0.4, 0.5) is 0 Å². The van der Waals surface area contributed by atoms with Gasteiger partial charge in [-0.05, 0) is 55.0 Å². The lowest BCUT2D eigenvalue weighted by molar-refractivity contribution is 0.311. The molecule has 25 heavy (non-hydrogen) atoms. The molecule has 0 aliphatic carbocycles. The number of methoxy groups -OCH3 is 1. The van der Waals surface area contributed by atoms with Gasteiger partial charge in [-0.25, -0.2) is 5.10 Å². The SMILES string of the molecule is CCOc1ccc(/C=N/n2c(-c3ccncc3)n[nH]c2=S)cc1OC. The molecule has 1 N–H and O–H groups in total. The zero-order valence-electron chi connectivity index (χ0n) is 13.8. The molecule has 0 fully saturated rings. The molecule has 0 saturated carbocycles. The molecule has 128 valence electrons. The molecular formula is C17H17N5O2S. The smallest absolute Gasteiger partial charge is 0.216 e. The number of hydrogen-bond acceptors (Lipinski definition) is 6. The average Bonchev–Trinajstić information content (AvgIpc) is 3.02. The second kappa shape index (κ2) is 7.71. The summed E-state index contributed by atoms with van der Waals surface area (Å²) in [6.07, 6.45) is 5.07. The number of hydrogen-bond donors (Lipinski definition) is 1. The van der Waals surface area contributed by atoms with Crippen LogP contribution in [0, 0.1) is 4.77 Å². The molecule has 0 radical (unpaired) electrons. The fourth-order valence-corrected chi connectivity index (χ4v) is 2.43. The van der Waals surface area contributed by atoms with Crippen LogP contribution < -0.4 is 9.47 Å². The van der Waals surface area contributed by atoms with Crippen molar-refractivity contribution in [3.05, 3.63) is 53.1 Å². The number of pyridine rings is 1. The molecule has 0 aliphatic rings. The van der Waals surface area contributed by atoms with E-state index in [0.717, 1.165) is 11.1 Å². The maximum Gasteiger partial charge on any atom is 0.216 e. The van der Waals surface area contributed by atoms with E-state index in [-0.39, 0.29) is 0 Å². The van der Waals surface area contributed by atoms with Gasteiger partial charge in [-0.2, -0.15) is 14.9 Å². The molecule has 3 rings (SSSR count). The van der Waals surface area contributed by atoms with E-state index >= 15 is 0 Å². The number of aromatic nitrogens is 4. The predicted molar refractivity (Wildman–Crippen MR) is 97.8 cm³/mol. The molecule has 7 nitrogen and oxygen atoms in total. The van der Waals surface area contributed by atoms with Crippen molar-refractivity contribution in [3.63, 3.8) is 0 Å². The van der Waals surface area contributed by atoms with Crippen molar-refractivity contribution in [1.82, 2.24) is 19.9 Å². The molecule has 0 unspecified atom stereocenters. The molecule has 0 atom stereocenters. The van der Waals surface area contributed by atoms with Crippen molar-refractivity contribution in [1.29, 1.82) is 0 Å². The van der Waals surface area contributed by atoms with E-state index in [9.17, 15) is 0 Å². The molecule has 2 heterocycles. The van der Waals surface area contributed by atoms with Gasteiger partial charge >= 0.3 is 0 Å². The highest BCUT2D eigenvalue weighted by Crippen LogP contribution is 2.27. The predicted octanol–water partition coefficient (Wildman–Crippen LogP) is 3.29. The fraction of sp³-hybridized carbons (Fsp3) is 0.176. The molecule has 1 aromatic carbocycles. The van der Waals surface area contributed by atoms with Crippen molar-refractivity contribution >= 4 is 18.4 Å². The Morgan fingerprint density at radius 3 is 2.76 bits per heavy atom. The minimum Gasteiger partial charge on any atom is -0.493 e. The molecule has 0 saturated heterocycles. The van der Waals surface area contributed by atoms with Crippen LogP contribution in [0.2, 0.25) is 0 Å². The number of ether oxygens (including phenoxy) is 2. The minimum atomic E-state index is 0.404. The summed E-state index contributed by atoms with van der Waals surface area (Å²) in [6.45, 7) is 2.50. The van der Waals surface area contributed by atoms with E-state index in [1.807, 2.05) is 37.3 Å². The maximum atomic E-state index is 5.52. The summed E-state index contributed by atoms with van der Waals surface area (Å²) in [6, 6.07) is 9.28. The Bertz CT molecular complexity index is 934. The first-order valence-corrected chi connectivity index (χ1v) is 8.06. The maximum absolute atomic E-state index is 5.52. The Morgan fingerprint density at radius 1 is 1.24 bits per heavy atom. The van der Waals surface area contributed by atoms with Gasteiger partial charge in [0.05, 0.1) is 19.9 Å². The van der Waals surface area contributed by atoms with Crippen LogP contribution in [0.5, 0.6) is 11.5 Å². The standard InChI is InChI=1S/C17H17N5O2S/c1-3-24-14-5-4-12(10-15(14)23-2)11-19-22-16(20-21-17(22)25)13-6-8-18-9-7-13/h4-11H,3H2,1-2H3,(H,21,25)/b19-11+. The number of H-pyrrole nitrogens is 1. The first kappa shape index (κ1) is 16.8. The topological polar surface area (TPSA) is 77.3 Å². The number of nitrogens with one attached hydrogen (secondary N) is 1. The van der Waals surface area contributed by atoms with Gasteiger partial charge in [0.15, 0.2) is 17.3 Å². The molecular weight excluding hydrogens is 338 g/mol. The Morgan fingerprint density at radius 2 is 2.04 bits per heavy atom. The van der Waals surface area contributed by atoms with Crippen LogP contribution in [-0.4, -0.2) is 39.8 Å². The average molecular weight is 355 g/mol. The van der Waals surface area contributed by atoms with Crippen molar-refractivity contribution in [2.24, 2.45) is 5.10 Å². The third-order valence-electron chi connectivity index (χ3n) is 3.40. The lowest BCUT2D eigenvalue weighted by Crippen LogP contribution is -1.97. The highest BCUT2D eigenvalue weighted by molar-refractivity contribution is 7.71. The summed E-state index contributed by atoms with van der Waals surface area (Å²) in [5, 5.41) is 11.4. The van der Waals surface area contributed by atoms with Crippen molar-refractivity contribution < 1.29 is 9.47 Å². The molecule has 0 amide bonds. The molecule has 0 spiro atoms. The van der Waals surface area contributed by atoms with E-state index < -0.39 is 0 Å². The van der Waals surface area contributed by atoms with Gasteiger partial charge in [-0.3, -0.25) is 4.98 Å². The lowest BCUT2D eigenvalue weighted by Gasteiger charge is -2.09. The molecule has 2 aromatic heterocycles. The second-order valence-electron chi connectivity index (χ2n) is 4.99. The Hall–Kier alpha value is -3.00. The fourth-order valence-electron chi connectivity index (χ4n) is 2.25. The highest BCUT2D eigenvalue weighted by atomic mass is 32.1. The number of aromatic amines is 1. The van der Waals surface area contributed by atoms with Gasteiger partial charge in [0.2, 0.25) is 4.77 Å². The summed E-state index contributed by atoms with van der Waals surface area (Å²) in [5.74, 6) is 1.96. The van der Waals surface area contributed by atoms with E-state index in [1.54, 1.807) is 30.4 Å². The summed E-state index contributed by atoms with van der Waals surface area (Å²) >= 11 is 5.26. The van der Waals surface area contributed by atoms with Crippen LogP contribution in [-0.2, 0) is 0 Å². The summed E-state index contributed by atoms with van der Waals surface area (Å²) in [7, 11) is 1.60. The van der Waals surface area contributed by atoms with E-state index in [4.69, 9.17) is 21.7 Å². The Kier molecular flexibility index (Phi) is 5.20. The monoisotopic (exact) mass is 355 g/mol. The van der Waals surface area contributed by atoms with E-state index in [2.05, 4.69) is 20.3 Å². The third kappa shape index (κ3) is 3.74. The van der Waals surface area contributed by atoms with Crippen LogP contribution >= 0.6 is 12.2 Å². The zero-order chi connectivity index (χ0) is 17.6. The van der Waals surface area contributed by atoms with Crippen molar-refractivity contribution in [2.75, 3.05) is 13.7 Å². The van der Waals surface area contributed by atoms with E-state index in [1.165, 1.54) is 0 Å². The number of rotatable bonds is 6. The first-order valence-electron chi connectivity index (χ1n) is 7.66. The number of nitrogens with zero attached hydrogens (tertiary/aromatic N) is 4. The minimum absolute atomic E-state index is 0.404. The Balaban J connectivity index is 1.93. The summed E-state index contributed by atoms with van der Waals surface area (Å²) < 4.78 is 12.8. The summed E-state index contributed by atoms with van der Waals surface area (Å²) in [5.41, 5.74) is 1.72.